The second-order valence-electron chi connectivity index (χ2n) is 6.79. The molecule has 2 rings (SSSR count). The number of carbonyl (C=O) groups excluding carboxylic acids is 2. The summed E-state index contributed by atoms with van der Waals surface area (Å²) in [6.07, 6.45) is 4.07. The Balaban J connectivity index is 1.98. The van der Waals surface area contributed by atoms with E-state index in [-0.39, 0.29) is 11.9 Å². The molecule has 1 aliphatic carbocycles. The maximum atomic E-state index is 12.5. The summed E-state index contributed by atoms with van der Waals surface area (Å²) < 4.78 is 10.5. The van der Waals surface area contributed by atoms with Gasteiger partial charge in [0.05, 0.1) is 13.7 Å². The molecule has 1 aromatic rings. The van der Waals surface area contributed by atoms with Crippen molar-refractivity contribution in [1.82, 2.24) is 5.32 Å². The lowest BCUT2D eigenvalue weighted by Gasteiger charge is -2.27. The van der Waals surface area contributed by atoms with Crippen LogP contribution in [0.5, 0.6) is 5.75 Å². The molecule has 5 nitrogen and oxygen atoms in total. The molecule has 132 valence electrons. The standard InChI is InChI=1S/C19H27NO4/c1-14(2)10-13-24-16-8-6-15(7-9-16)17(21)20-19(18(22)23-3)11-4-5-12-19/h6-9,14H,4-5,10-13H2,1-3H3,(H,20,21). The fraction of sp³-hybridized carbons (Fsp3) is 0.579. The number of rotatable bonds is 7. The van der Waals surface area contributed by atoms with Crippen LogP contribution in [-0.2, 0) is 9.53 Å². The Morgan fingerprint density at radius 1 is 1.17 bits per heavy atom. The molecule has 0 radical (unpaired) electrons. The molecule has 1 aliphatic rings. The van der Waals surface area contributed by atoms with Gasteiger partial charge in [-0.2, -0.15) is 0 Å². The van der Waals surface area contributed by atoms with E-state index in [1.807, 2.05) is 0 Å². The van der Waals surface area contributed by atoms with Crippen LogP contribution in [0.4, 0.5) is 0 Å². The van der Waals surface area contributed by atoms with E-state index < -0.39 is 5.54 Å². The molecule has 0 unspecified atom stereocenters. The molecule has 0 heterocycles. The molecule has 24 heavy (non-hydrogen) atoms. The predicted molar refractivity (Wildman–Crippen MR) is 92.1 cm³/mol. The molecule has 1 saturated carbocycles. The predicted octanol–water partition coefficient (Wildman–Crippen LogP) is 3.33. The van der Waals surface area contributed by atoms with E-state index in [4.69, 9.17) is 9.47 Å². The fourth-order valence-electron chi connectivity index (χ4n) is 2.96. The number of hydrogen-bond acceptors (Lipinski definition) is 4. The molecule has 0 aromatic heterocycles. The van der Waals surface area contributed by atoms with Crippen molar-refractivity contribution in [1.29, 1.82) is 0 Å². The van der Waals surface area contributed by atoms with Gasteiger partial charge in [0.2, 0.25) is 0 Å². The van der Waals surface area contributed by atoms with E-state index >= 15 is 0 Å². The highest BCUT2D eigenvalue weighted by Gasteiger charge is 2.43. The summed E-state index contributed by atoms with van der Waals surface area (Å²) in [6.45, 7) is 4.96. The van der Waals surface area contributed by atoms with Gasteiger partial charge >= 0.3 is 5.97 Å². The second kappa shape index (κ2) is 8.18. The normalized spacial score (nSPS) is 16.0. The van der Waals surface area contributed by atoms with E-state index in [2.05, 4.69) is 19.2 Å². The second-order valence-corrected chi connectivity index (χ2v) is 6.79. The molecule has 0 saturated heterocycles. The quantitative estimate of drug-likeness (QED) is 0.777. The van der Waals surface area contributed by atoms with Gasteiger partial charge in [-0.1, -0.05) is 26.7 Å². The van der Waals surface area contributed by atoms with Gasteiger partial charge in [-0.05, 0) is 49.4 Å². The Bertz CT molecular complexity index is 559. The molecule has 0 spiro atoms. The number of nitrogens with one attached hydrogen (secondary N) is 1. The number of methoxy groups -OCH3 is 1. The van der Waals surface area contributed by atoms with Crippen LogP contribution < -0.4 is 10.1 Å². The summed E-state index contributed by atoms with van der Waals surface area (Å²) in [7, 11) is 1.36. The third-order valence-electron chi connectivity index (χ3n) is 4.47. The lowest BCUT2D eigenvalue weighted by Crippen LogP contribution is -2.53. The van der Waals surface area contributed by atoms with Crippen LogP contribution in [0.1, 0.15) is 56.3 Å². The number of esters is 1. The van der Waals surface area contributed by atoms with Crippen molar-refractivity contribution < 1.29 is 19.1 Å². The Kier molecular flexibility index (Phi) is 6.23. The van der Waals surface area contributed by atoms with Crippen LogP contribution in [0.3, 0.4) is 0 Å². The average molecular weight is 333 g/mol. The summed E-state index contributed by atoms with van der Waals surface area (Å²) in [6, 6.07) is 7.02. The van der Waals surface area contributed by atoms with Crippen LogP contribution in [0.25, 0.3) is 0 Å². The largest absolute Gasteiger partial charge is 0.494 e. The number of benzene rings is 1. The third-order valence-corrected chi connectivity index (χ3v) is 4.47. The Hall–Kier alpha value is -2.04. The van der Waals surface area contributed by atoms with Crippen molar-refractivity contribution >= 4 is 11.9 Å². The maximum Gasteiger partial charge on any atom is 0.331 e. The number of ether oxygens (including phenoxy) is 2. The summed E-state index contributed by atoms with van der Waals surface area (Å²) >= 11 is 0. The van der Waals surface area contributed by atoms with Crippen LogP contribution in [0.2, 0.25) is 0 Å². The first kappa shape index (κ1) is 18.3. The monoisotopic (exact) mass is 333 g/mol. The molecule has 0 atom stereocenters. The van der Waals surface area contributed by atoms with Gasteiger partial charge in [0.15, 0.2) is 0 Å². The topological polar surface area (TPSA) is 64.6 Å². The number of amides is 1. The first-order chi connectivity index (χ1) is 11.5. The first-order valence-electron chi connectivity index (χ1n) is 8.60. The minimum absolute atomic E-state index is 0.254. The molecule has 0 bridgehead atoms. The van der Waals surface area contributed by atoms with E-state index in [9.17, 15) is 9.59 Å². The minimum atomic E-state index is -0.877. The highest BCUT2D eigenvalue weighted by molar-refractivity contribution is 5.98. The van der Waals surface area contributed by atoms with Gasteiger partial charge in [0, 0.05) is 5.56 Å². The van der Waals surface area contributed by atoms with Crippen LogP contribution in [-0.4, -0.2) is 31.1 Å². The van der Waals surface area contributed by atoms with Gasteiger partial charge in [0.25, 0.3) is 5.91 Å². The Labute approximate surface area is 143 Å². The lowest BCUT2D eigenvalue weighted by atomic mass is 9.97. The summed E-state index contributed by atoms with van der Waals surface area (Å²) in [5.41, 5.74) is -0.362. The van der Waals surface area contributed by atoms with Gasteiger partial charge in [-0.25, -0.2) is 4.79 Å². The molecular formula is C19H27NO4. The van der Waals surface area contributed by atoms with E-state index in [1.165, 1.54) is 7.11 Å². The third kappa shape index (κ3) is 4.49. The molecule has 1 aromatic carbocycles. The highest BCUT2D eigenvalue weighted by atomic mass is 16.5. The zero-order chi connectivity index (χ0) is 17.6. The lowest BCUT2D eigenvalue weighted by molar-refractivity contribution is -0.148. The Morgan fingerprint density at radius 3 is 2.33 bits per heavy atom. The Morgan fingerprint density at radius 2 is 1.79 bits per heavy atom. The zero-order valence-electron chi connectivity index (χ0n) is 14.8. The van der Waals surface area contributed by atoms with E-state index in [1.54, 1.807) is 24.3 Å². The van der Waals surface area contributed by atoms with E-state index in [0.29, 0.717) is 30.9 Å². The van der Waals surface area contributed by atoms with Crippen molar-refractivity contribution in [3.05, 3.63) is 29.8 Å². The molecule has 0 aliphatic heterocycles. The smallest absolute Gasteiger partial charge is 0.331 e. The van der Waals surface area contributed by atoms with Gasteiger partial charge < -0.3 is 14.8 Å². The zero-order valence-corrected chi connectivity index (χ0v) is 14.8. The summed E-state index contributed by atoms with van der Waals surface area (Å²) in [5.74, 6) is 0.727. The average Bonchev–Trinajstić information content (AvgIpc) is 3.04. The van der Waals surface area contributed by atoms with Crippen molar-refractivity contribution in [2.24, 2.45) is 5.92 Å². The molecule has 1 amide bonds. The SMILES string of the molecule is COC(=O)C1(NC(=O)c2ccc(OCCC(C)C)cc2)CCCC1. The van der Waals surface area contributed by atoms with Crippen LogP contribution in [0, 0.1) is 5.92 Å². The first-order valence-corrected chi connectivity index (χ1v) is 8.60. The van der Waals surface area contributed by atoms with Crippen molar-refractivity contribution in [2.45, 2.75) is 51.5 Å². The highest BCUT2D eigenvalue weighted by Crippen LogP contribution is 2.31. The van der Waals surface area contributed by atoms with Gasteiger partial charge in [-0.15, -0.1) is 0 Å². The van der Waals surface area contributed by atoms with Crippen LogP contribution in [0.15, 0.2) is 24.3 Å². The molecule has 5 heteroatoms. The molecule has 1 N–H and O–H groups in total. The molecule has 1 fully saturated rings. The number of hydrogen-bond donors (Lipinski definition) is 1. The van der Waals surface area contributed by atoms with Crippen LogP contribution >= 0.6 is 0 Å². The van der Waals surface area contributed by atoms with Crippen molar-refractivity contribution in [3.8, 4) is 5.75 Å². The number of carbonyl (C=O) groups is 2. The van der Waals surface area contributed by atoms with Crippen molar-refractivity contribution in [3.63, 3.8) is 0 Å². The summed E-state index contributed by atoms with van der Waals surface area (Å²) in [5, 5.41) is 2.88. The fourth-order valence-corrected chi connectivity index (χ4v) is 2.96. The maximum absolute atomic E-state index is 12.5. The summed E-state index contributed by atoms with van der Waals surface area (Å²) in [4.78, 5) is 24.6. The molecular weight excluding hydrogens is 306 g/mol. The van der Waals surface area contributed by atoms with Crippen molar-refractivity contribution in [2.75, 3.05) is 13.7 Å². The van der Waals surface area contributed by atoms with Gasteiger partial charge in [0.1, 0.15) is 11.3 Å². The van der Waals surface area contributed by atoms with Gasteiger partial charge in [-0.3, -0.25) is 4.79 Å². The minimum Gasteiger partial charge on any atom is -0.494 e. The van der Waals surface area contributed by atoms with E-state index in [0.717, 1.165) is 25.0 Å².